The second-order valence-corrected chi connectivity index (χ2v) is 4.74. The van der Waals surface area contributed by atoms with Gasteiger partial charge in [0.2, 0.25) is 6.33 Å². The van der Waals surface area contributed by atoms with Crippen LogP contribution in [-0.4, -0.2) is 28.1 Å². The minimum atomic E-state index is 0.620. The van der Waals surface area contributed by atoms with Crippen LogP contribution < -0.4 is 4.57 Å². The SMILES string of the molecule is CC(C)N(CCn1cc[n+](C)c1)C(C)C. The standard InChI is InChI=1S/C12H24N3/c1-11(2)15(12(3)4)9-8-14-7-6-13(5)10-14/h6-7,10-12H,8-9H2,1-5H3/q+1. The number of aromatic nitrogens is 2. The van der Waals surface area contributed by atoms with Crippen LogP contribution in [0.15, 0.2) is 18.7 Å². The number of nitrogens with zero attached hydrogens (tertiary/aromatic N) is 3. The minimum absolute atomic E-state index is 0.620. The number of hydrogen-bond donors (Lipinski definition) is 0. The summed E-state index contributed by atoms with van der Waals surface area (Å²) >= 11 is 0. The van der Waals surface area contributed by atoms with Gasteiger partial charge < -0.3 is 0 Å². The van der Waals surface area contributed by atoms with Crippen LogP contribution in [0.25, 0.3) is 0 Å². The lowest BCUT2D eigenvalue weighted by Crippen LogP contribution is -2.39. The summed E-state index contributed by atoms with van der Waals surface area (Å²) in [4.78, 5) is 2.51. The molecule has 0 N–H and O–H groups in total. The van der Waals surface area contributed by atoms with E-state index in [1.165, 1.54) is 0 Å². The van der Waals surface area contributed by atoms with Crippen LogP contribution in [0, 0.1) is 0 Å². The fourth-order valence-corrected chi connectivity index (χ4v) is 1.98. The van der Waals surface area contributed by atoms with Crippen LogP contribution >= 0.6 is 0 Å². The Kier molecular flexibility index (Phi) is 4.33. The molecule has 15 heavy (non-hydrogen) atoms. The Bertz CT molecular complexity index is 281. The molecule has 0 saturated carbocycles. The summed E-state index contributed by atoms with van der Waals surface area (Å²) < 4.78 is 4.31. The van der Waals surface area contributed by atoms with Gasteiger partial charge in [0.05, 0.1) is 7.05 Å². The van der Waals surface area contributed by atoms with Gasteiger partial charge in [-0.1, -0.05) is 0 Å². The Morgan fingerprint density at radius 1 is 1.20 bits per heavy atom. The molecule has 0 aliphatic heterocycles. The third kappa shape index (κ3) is 3.67. The number of rotatable bonds is 5. The molecule has 3 nitrogen and oxygen atoms in total. The fraction of sp³-hybridized carbons (Fsp3) is 0.750. The van der Waals surface area contributed by atoms with Crippen molar-refractivity contribution >= 4 is 0 Å². The molecule has 0 radical (unpaired) electrons. The maximum Gasteiger partial charge on any atom is 0.243 e. The van der Waals surface area contributed by atoms with Crippen molar-refractivity contribution in [2.45, 2.75) is 46.3 Å². The highest BCUT2D eigenvalue weighted by atomic mass is 15.2. The predicted octanol–water partition coefficient (Wildman–Crippen LogP) is 1.43. The summed E-state index contributed by atoms with van der Waals surface area (Å²) in [5.41, 5.74) is 0. The highest BCUT2D eigenvalue weighted by Gasteiger charge is 2.13. The van der Waals surface area contributed by atoms with Crippen molar-refractivity contribution in [1.29, 1.82) is 0 Å². The first-order valence-electron chi connectivity index (χ1n) is 5.77. The van der Waals surface area contributed by atoms with Crippen LogP contribution in [-0.2, 0) is 13.6 Å². The summed E-state index contributed by atoms with van der Waals surface area (Å²) in [5, 5.41) is 0. The van der Waals surface area contributed by atoms with Gasteiger partial charge in [-0.25, -0.2) is 9.13 Å². The summed E-state index contributed by atoms with van der Waals surface area (Å²) in [6.45, 7) is 11.2. The summed E-state index contributed by atoms with van der Waals surface area (Å²) in [6, 6.07) is 1.24. The molecule has 1 rings (SSSR count). The zero-order chi connectivity index (χ0) is 11.4. The van der Waals surface area contributed by atoms with Crippen molar-refractivity contribution in [1.82, 2.24) is 9.47 Å². The van der Waals surface area contributed by atoms with E-state index in [0.29, 0.717) is 12.1 Å². The van der Waals surface area contributed by atoms with Gasteiger partial charge in [-0.15, -0.1) is 0 Å². The Labute approximate surface area is 93.3 Å². The third-order valence-electron chi connectivity index (χ3n) is 2.77. The lowest BCUT2D eigenvalue weighted by atomic mass is 10.2. The van der Waals surface area contributed by atoms with Crippen LogP contribution in [0.4, 0.5) is 0 Å². The second-order valence-electron chi connectivity index (χ2n) is 4.74. The smallest absolute Gasteiger partial charge is 0.243 e. The van der Waals surface area contributed by atoms with Crippen molar-refractivity contribution < 1.29 is 4.57 Å². The molecule has 0 amide bonds. The van der Waals surface area contributed by atoms with E-state index in [1.807, 2.05) is 0 Å². The van der Waals surface area contributed by atoms with E-state index in [1.54, 1.807) is 0 Å². The van der Waals surface area contributed by atoms with E-state index >= 15 is 0 Å². The van der Waals surface area contributed by atoms with E-state index in [2.05, 4.69) is 67.5 Å². The zero-order valence-corrected chi connectivity index (χ0v) is 10.6. The van der Waals surface area contributed by atoms with E-state index in [0.717, 1.165) is 13.1 Å². The maximum atomic E-state index is 2.51. The van der Waals surface area contributed by atoms with Crippen LogP contribution in [0.2, 0.25) is 0 Å². The van der Waals surface area contributed by atoms with E-state index in [9.17, 15) is 0 Å². The van der Waals surface area contributed by atoms with Gasteiger partial charge in [-0.2, -0.15) is 0 Å². The van der Waals surface area contributed by atoms with Crippen molar-refractivity contribution in [2.75, 3.05) is 6.54 Å². The maximum absolute atomic E-state index is 2.51. The number of aryl methyl sites for hydroxylation is 1. The van der Waals surface area contributed by atoms with Crippen LogP contribution in [0.3, 0.4) is 0 Å². The third-order valence-corrected chi connectivity index (χ3v) is 2.77. The quantitative estimate of drug-likeness (QED) is 0.670. The van der Waals surface area contributed by atoms with Crippen LogP contribution in [0.5, 0.6) is 0 Å². The van der Waals surface area contributed by atoms with Crippen molar-refractivity contribution in [2.24, 2.45) is 7.05 Å². The Morgan fingerprint density at radius 3 is 2.20 bits per heavy atom. The van der Waals surface area contributed by atoms with Gasteiger partial charge >= 0.3 is 0 Å². The molecule has 1 aromatic rings. The van der Waals surface area contributed by atoms with Gasteiger partial charge in [0, 0.05) is 18.6 Å². The lowest BCUT2D eigenvalue weighted by molar-refractivity contribution is -0.671. The molecular weight excluding hydrogens is 186 g/mol. The largest absolute Gasteiger partial charge is 0.295 e. The van der Waals surface area contributed by atoms with Gasteiger partial charge in [-0.05, 0) is 27.7 Å². The molecule has 1 aromatic heterocycles. The molecule has 0 bridgehead atoms. The Morgan fingerprint density at radius 2 is 1.80 bits per heavy atom. The summed E-state index contributed by atoms with van der Waals surface area (Å²) in [6.07, 6.45) is 6.33. The highest BCUT2D eigenvalue weighted by molar-refractivity contribution is 4.71. The molecule has 0 saturated heterocycles. The Hall–Kier alpha value is -0.830. The summed E-state index contributed by atoms with van der Waals surface area (Å²) in [7, 11) is 2.05. The zero-order valence-electron chi connectivity index (χ0n) is 10.6. The monoisotopic (exact) mass is 210 g/mol. The first-order valence-corrected chi connectivity index (χ1v) is 5.77. The molecule has 0 fully saturated rings. The molecule has 0 atom stereocenters. The predicted molar refractivity (Wildman–Crippen MR) is 62.6 cm³/mol. The second kappa shape index (κ2) is 5.31. The minimum Gasteiger partial charge on any atom is -0.295 e. The van der Waals surface area contributed by atoms with Gasteiger partial charge in [0.15, 0.2) is 0 Å². The molecule has 0 aromatic carbocycles. The lowest BCUT2D eigenvalue weighted by Gasteiger charge is -2.29. The average molecular weight is 210 g/mol. The summed E-state index contributed by atoms with van der Waals surface area (Å²) in [5.74, 6) is 0. The van der Waals surface area contributed by atoms with E-state index in [-0.39, 0.29) is 0 Å². The van der Waals surface area contributed by atoms with Crippen molar-refractivity contribution in [3.05, 3.63) is 18.7 Å². The van der Waals surface area contributed by atoms with Crippen molar-refractivity contribution in [3.63, 3.8) is 0 Å². The van der Waals surface area contributed by atoms with E-state index < -0.39 is 0 Å². The average Bonchev–Trinajstić information content (AvgIpc) is 2.50. The van der Waals surface area contributed by atoms with Gasteiger partial charge in [0.1, 0.15) is 18.9 Å². The van der Waals surface area contributed by atoms with Gasteiger partial charge in [-0.3, -0.25) is 4.90 Å². The molecular formula is C12H24N3+. The first-order chi connectivity index (χ1) is 7.00. The highest BCUT2D eigenvalue weighted by Crippen LogP contribution is 2.04. The first kappa shape index (κ1) is 12.2. The number of imidazole rings is 1. The molecule has 0 aliphatic carbocycles. The topological polar surface area (TPSA) is 12.1 Å². The van der Waals surface area contributed by atoms with Gasteiger partial charge in [0.25, 0.3) is 0 Å². The van der Waals surface area contributed by atoms with E-state index in [4.69, 9.17) is 0 Å². The molecule has 0 unspecified atom stereocenters. The normalized spacial score (nSPS) is 12.0. The van der Waals surface area contributed by atoms with Crippen LogP contribution in [0.1, 0.15) is 27.7 Å². The Balaban J connectivity index is 2.47. The number of hydrogen-bond acceptors (Lipinski definition) is 1. The molecule has 0 spiro atoms. The molecule has 86 valence electrons. The van der Waals surface area contributed by atoms with Crippen molar-refractivity contribution in [3.8, 4) is 0 Å². The molecule has 0 aliphatic rings. The molecule has 3 heteroatoms. The molecule has 1 heterocycles. The fourth-order valence-electron chi connectivity index (χ4n) is 1.98.